The topological polar surface area (TPSA) is 72.6 Å². The largest absolute Gasteiger partial charge is 0.481 e. The van der Waals surface area contributed by atoms with E-state index in [0.29, 0.717) is 5.94 Å². The average molecular weight is 225 g/mol. The van der Waals surface area contributed by atoms with E-state index in [1.807, 2.05) is 18.2 Å². The van der Waals surface area contributed by atoms with Gasteiger partial charge in [0.25, 0.3) is 0 Å². The summed E-state index contributed by atoms with van der Waals surface area (Å²) in [4.78, 5) is 11.5. The van der Waals surface area contributed by atoms with Crippen LogP contribution in [0, 0.1) is 0 Å². The summed E-state index contributed by atoms with van der Waals surface area (Å²) in [5, 5.41) is 8.63. The fourth-order valence-corrected chi connectivity index (χ4v) is 2.25. The van der Waals surface area contributed by atoms with E-state index in [4.69, 9.17) is 15.6 Å². The SMILES string of the molecule is NC(CC(=O)O)c1ccc2c(c1)SCO2. The summed E-state index contributed by atoms with van der Waals surface area (Å²) in [7, 11) is 0. The maximum absolute atomic E-state index is 10.5. The highest BCUT2D eigenvalue weighted by Gasteiger charge is 2.16. The van der Waals surface area contributed by atoms with Crippen molar-refractivity contribution in [2.75, 3.05) is 5.94 Å². The first kappa shape index (κ1) is 10.3. The number of hydrogen-bond donors (Lipinski definition) is 2. The number of carboxylic acid groups (broad SMARTS) is 1. The first-order chi connectivity index (χ1) is 7.16. The molecule has 0 saturated heterocycles. The zero-order valence-corrected chi connectivity index (χ0v) is 8.79. The molecule has 3 N–H and O–H groups in total. The Labute approximate surface area is 91.4 Å². The van der Waals surface area contributed by atoms with Crippen LogP contribution in [-0.2, 0) is 4.79 Å². The van der Waals surface area contributed by atoms with Gasteiger partial charge in [-0.1, -0.05) is 17.8 Å². The molecule has 0 spiro atoms. The van der Waals surface area contributed by atoms with Gasteiger partial charge < -0.3 is 15.6 Å². The lowest BCUT2D eigenvalue weighted by Crippen LogP contribution is -2.14. The number of hydrogen-bond acceptors (Lipinski definition) is 4. The minimum Gasteiger partial charge on any atom is -0.481 e. The summed E-state index contributed by atoms with van der Waals surface area (Å²) in [5.74, 6) is 0.589. The van der Waals surface area contributed by atoms with E-state index >= 15 is 0 Å². The number of fused-ring (bicyclic) bond motifs is 1. The highest BCUT2D eigenvalue weighted by atomic mass is 32.2. The Morgan fingerprint density at radius 1 is 1.67 bits per heavy atom. The van der Waals surface area contributed by atoms with Crippen LogP contribution in [0.5, 0.6) is 5.75 Å². The lowest BCUT2D eigenvalue weighted by molar-refractivity contribution is -0.137. The molecular formula is C10H11NO3S. The van der Waals surface area contributed by atoms with E-state index < -0.39 is 12.0 Å². The van der Waals surface area contributed by atoms with Gasteiger partial charge in [0, 0.05) is 6.04 Å². The van der Waals surface area contributed by atoms with Gasteiger partial charge in [-0.2, -0.15) is 0 Å². The molecule has 1 heterocycles. The van der Waals surface area contributed by atoms with Gasteiger partial charge in [-0.05, 0) is 17.7 Å². The van der Waals surface area contributed by atoms with Crippen molar-refractivity contribution in [3.63, 3.8) is 0 Å². The smallest absolute Gasteiger partial charge is 0.305 e. The van der Waals surface area contributed by atoms with Crippen LogP contribution in [-0.4, -0.2) is 17.0 Å². The van der Waals surface area contributed by atoms with Crippen LogP contribution in [0.15, 0.2) is 23.1 Å². The summed E-state index contributed by atoms with van der Waals surface area (Å²) in [6.45, 7) is 0. The second kappa shape index (κ2) is 4.12. The second-order valence-corrected chi connectivity index (χ2v) is 4.28. The molecule has 0 aliphatic carbocycles. The van der Waals surface area contributed by atoms with Crippen molar-refractivity contribution in [3.05, 3.63) is 23.8 Å². The Balaban J connectivity index is 2.19. The van der Waals surface area contributed by atoms with Crippen LogP contribution < -0.4 is 10.5 Å². The number of nitrogens with two attached hydrogens (primary N) is 1. The molecule has 1 atom stereocenters. The molecule has 0 aromatic heterocycles. The number of aliphatic carboxylic acids is 1. The highest BCUT2D eigenvalue weighted by Crippen LogP contribution is 2.37. The summed E-state index contributed by atoms with van der Waals surface area (Å²) in [5.41, 5.74) is 6.60. The van der Waals surface area contributed by atoms with E-state index in [1.165, 1.54) is 0 Å². The zero-order chi connectivity index (χ0) is 10.8. The Kier molecular flexibility index (Phi) is 2.83. The fourth-order valence-electron chi connectivity index (χ4n) is 1.45. The average Bonchev–Trinajstić information content (AvgIpc) is 2.62. The Morgan fingerprint density at radius 2 is 2.47 bits per heavy atom. The predicted molar refractivity (Wildman–Crippen MR) is 57.0 cm³/mol. The predicted octanol–water partition coefficient (Wildman–Crippen LogP) is 1.60. The van der Waals surface area contributed by atoms with Crippen molar-refractivity contribution in [1.29, 1.82) is 0 Å². The maximum atomic E-state index is 10.5. The quantitative estimate of drug-likeness (QED) is 0.817. The van der Waals surface area contributed by atoms with Crippen molar-refractivity contribution in [1.82, 2.24) is 0 Å². The van der Waals surface area contributed by atoms with Gasteiger partial charge in [0.15, 0.2) is 0 Å². The van der Waals surface area contributed by atoms with Crippen molar-refractivity contribution in [2.24, 2.45) is 5.73 Å². The lowest BCUT2D eigenvalue weighted by atomic mass is 10.0. The van der Waals surface area contributed by atoms with Crippen LogP contribution >= 0.6 is 11.8 Å². The zero-order valence-electron chi connectivity index (χ0n) is 7.97. The van der Waals surface area contributed by atoms with E-state index in [1.54, 1.807) is 11.8 Å². The van der Waals surface area contributed by atoms with E-state index in [2.05, 4.69) is 0 Å². The molecule has 4 nitrogen and oxygen atoms in total. The highest BCUT2D eigenvalue weighted by molar-refractivity contribution is 7.99. The summed E-state index contributed by atoms with van der Waals surface area (Å²) in [6.07, 6.45) is -0.0513. The molecule has 2 rings (SSSR count). The van der Waals surface area contributed by atoms with Gasteiger partial charge in [0.1, 0.15) is 11.7 Å². The number of ether oxygens (including phenoxy) is 1. The fraction of sp³-hybridized carbons (Fsp3) is 0.300. The maximum Gasteiger partial charge on any atom is 0.305 e. The lowest BCUT2D eigenvalue weighted by Gasteiger charge is -2.09. The van der Waals surface area contributed by atoms with E-state index in [0.717, 1.165) is 16.2 Å². The second-order valence-electron chi connectivity index (χ2n) is 3.32. The van der Waals surface area contributed by atoms with Gasteiger partial charge >= 0.3 is 5.97 Å². The van der Waals surface area contributed by atoms with Gasteiger partial charge in [0.2, 0.25) is 0 Å². The number of thioether (sulfide) groups is 1. The molecule has 0 radical (unpaired) electrons. The van der Waals surface area contributed by atoms with E-state index in [9.17, 15) is 4.79 Å². The molecular weight excluding hydrogens is 214 g/mol. The van der Waals surface area contributed by atoms with Crippen LogP contribution in [0.4, 0.5) is 0 Å². The van der Waals surface area contributed by atoms with Crippen LogP contribution in [0.3, 0.4) is 0 Å². The normalized spacial score (nSPS) is 15.5. The molecule has 1 aromatic rings. The summed E-state index contributed by atoms with van der Waals surface area (Å²) in [6, 6.07) is 5.11. The Bertz CT molecular complexity index is 394. The molecule has 0 bridgehead atoms. The summed E-state index contributed by atoms with van der Waals surface area (Å²) < 4.78 is 5.32. The molecule has 15 heavy (non-hydrogen) atoms. The van der Waals surface area contributed by atoms with Gasteiger partial charge in [-0.25, -0.2) is 0 Å². The third-order valence-corrected chi connectivity index (χ3v) is 3.09. The minimum atomic E-state index is -0.882. The number of benzene rings is 1. The minimum absolute atomic E-state index is 0.0513. The third kappa shape index (κ3) is 2.24. The van der Waals surface area contributed by atoms with Crippen molar-refractivity contribution < 1.29 is 14.6 Å². The number of carboxylic acids is 1. The first-order valence-electron chi connectivity index (χ1n) is 4.54. The van der Waals surface area contributed by atoms with Crippen molar-refractivity contribution in [3.8, 4) is 5.75 Å². The van der Waals surface area contributed by atoms with Gasteiger partial charge in [0.05, 0.1) is 11.3 Å². The van der Waals surface area contributed by atoms with Gasteiger partial charge in [-0.3, -0.25) is 4.79 Å². The molecule has 1 aliphatic rings. The first-order valence-corrected chi connectivity index (χ1v) is 5.52. The van der Waals surface area contributed by atoms with Crippen LogP contribution in [0.25, 0.3) is 0 Å². The molecule has 0 saturated carbocycles. The molecule has 5 heteroatoms. The Morgan fingerprint density at radius 3 is 3.20 bits per heavy atom. The van der Waals surface area contributed by atoms with Crippen molar-refractivity contribution in [2.45, 2.75) is 17.4 Å². The van der Waals surface area contributed by atoms with Crippen molar-refractivity contribution >= 4 is 17.7 Å². The summed E-state index contributed by atoms with van der Waals surface area (Å²) >= 11 is 1.59. The molecule has 0 amide bonds. The standard InChI is InChI=1S/C10H11NO3S/c11-7(4-10(12)13)6-1-2-8-9(3-6)15-5-14-8/h1-3,7H,4-5,11H2,(H,12,13). The Hall–Kier alpha value is -1.20. The molecule has 0 fully saturated rings. The molecule has 1 unspecified atom stereocenters. The van der Waals surface area contributed by atoms with Gasteiger partial charge in [-0.15, -0.1) is 0 Å². The van der Waals surface area contributed by atoms with E-state index in [-0.39, 0.29) is 6.42 Å². The molecule has 80 valence electrons. The number of carbonyl (C=O) groups is 1. The molecule has 1 aliphatic heterocycles. The number of rotatable bonds is 3. The molecule has 1 aromatic carbocycles. The van der Waals surface area contributed by atoms with Crippen LogP contribution in [0.2, 0.25) is 0 Å². The van der Waals surface area contributed by atoms with Crippen LogP contribution in [0.1, 0.15) is 18.0 Å². The third-order valence-electron chi connectivity index (χ3n) is 2.22. The monoisotopic (exact) mass is 225 g/mol.